The number of anilines is 1. The van der Waals surface area contributed by atoms with Gasteiger partial charge in [-0.15, -0.1) is 0 Å². The lowest BCUT2D eigenvalue weighted by Crippen LogP contribution is -2.11. The third-order valence-electron chi connectivity index (χ3n) is 3.41. The van der Waals surface area contributed by atoms with Crippen molar-refractivity contribution in [3.05, 3.63) is 35.4 Å². The number of ether oxygens (including phenoxy) is 3. The molecule has 28 heavy (non-hydrogen) atoms. The van der Waals surface area contributed by atoms with Crippen LogP contribution >= 0.6 is 23.5 Å². The Morgan fingerprint density at radius 1 is 1.25 bits per heavy atom. The van der Waals surface area contributed by atoms with Crippen LogP contribution < -0.4 is 14.2 Å². The van der Waals surface area contributed by atoms with Crippen molar-refractivity contribution in [1.82, 2.24) is 15.0 Å². The number of halogens is 4. The van der Waals surface area contributed by atoms with Crippen molar-refractivity contribution in [2.45, 2.75) is 11.5 Å². The number of nitrogens with one attached hydrogen (secondary N) is 2. The summed E-state index contributed by atoms with van der Waals surface area (Å²) < 4.78 is 55.2. The Balaban J connectivity index is 1.70. The highest BCUT2D eigenvalue weighted by Crippen LogP contribution is 2.34. The molecule has 0 aliphatic carbocycles. The molecule has 0 aromatic carbocycles. The van der Waals surface area contributed by atoms with E-state index >= 15 is 0 Å². The fraction of sp³-hybridized carbons (Fsp3) is 0.250. The molecule has 7 nitrogen and oxygen atoms in total. The largest absolute Gasteiger partial charge is 0.479 e. The zero-order chi connectivity index (χ0) is 20.1. The number of hydrogen-bond donors (Lipinski definition) is 2. The second-order valence-corrected chi connectivity index (χ2v) is 6.43. The molecule has 3 aromatic heterocycles. The van der Waals surface area contributed by atoms with E-state index in [1.165, 1.54) is 19.1 Å². The van der Waals surface area contributed by atoms with Crippen LogP contribution in [-0.2, 0) is 4.74 Å². The minimum absolute atomic E-state index is 0.0692. The number of hydrogen-bond acceptors (Lipinski definition) is 7. The highest BCUT2D eigenvalue weighted by molar-refractivity contribution is 8.00. The highest BCUT2D eigenvalue weighted by Gasteiger charge is 2.15. The zero-order valence-corrected chi connectivity index (χ0v) is 15.9. The van der Waals surface area contributed by atoms with Crippen molar-refractivity contribution in [2.75, 3.05) is 25.0 Å². The quantitative estimate of drug-likeness (QED) is 0.291. The van der Waals surface area contributed by atoms with Gasteiger partial charge in [0.1, 0.15) is 23.1 Å². The van der Waals surface area contributed by atoms with Crippen molar-refractivity contribution in [1.29, 1.82) is 0 Å². The van der Waals surface area contributed by atoms with Crippen LogP contribution in [0.25, 0.3) is 11.0 Å². The number of pyridine rings is 2. The van der Waals surface area contributed by atoms with Crippen LogP contribution in [0.1, 0.15) is 0 Å². The van der Waals surface area contributed by atoms with Gasteiger partial charge in [0, 0.05) is 17.6 Å². The molecule has 3 heterocycles. The topological polar surface area (TPSA) is 81.3 Å². The number of aromatic amines is 1. The molecular formula is C16H14ClF3N4O3S. The molecule has 0 radical (unpaired) electrons. The monoisotopic (exact) mass is 434 g/mol. The fourth-order valence-corrected chi connectivity index (χ4v) is 3.12. The Bertz CT molecular complexity index is 960. The number of rotatable bonds is 9. The van der Waals surface area contributed by atoms with E-state index in [1.54, 1.807) is 18.3 Å². The molecule has 150 valence electrons. The summed E-state index contributed by atoms with van der Waals surface area (Å²) in [4.78, 5) is 11.8. The van der Waals surface area contributed by atoms with Crippen LogP contribution in [0, 0.1) is 5.82 Å². The number of fused-ring (bicyclic) bond motifs is 1. The summed E-state index contributed by atoms with van der Waals surface area (Å²) in [6.07, 6.45) is 1.72. The van der Waals surface area contributed by atoms with Gasteiger partial charge in [-0.25, -0.2) is 9.37 Å². The van der Waals surface area contributed by atoms with E-state index in [2.05, 4.69) is 24.4 Å². The Hall–Kier alpha value is -2.37. The van der Waals surface area contributed by atoms with Crippen molar-refractivity contribution in [3.63, 3.8) is 0 Å². The van der Waals surface area contributed by atoms with Gasteiger partial charge in [-0.2, -0.15) is 13.8 Å². The van der Waals surface area contributed by atoms with E-state index in [4.69, 9.17) is 21.1 Å². The standard InChI is InChI=1S/C16H14ClF3N4O3S/c1-25-15-10(6-9(18)14(23-15)26-4-5-27-16(19)20)24-28-11-7-21-13-8(11)2-3-12(17)22-13/h2-3,6-7,16,24H,4-5H2,1H3,(H,21,22). The van der Waals surface area contributed by atoms with Crippen LogP contribution in [0.5, 0.6) is 11.8 Å². The third-order valence-corrected chi connectivity index (χ3v) is 4.50. The first kappa shape index (κ1) is 20.4. The Morgan fingerprint density at radius 3 is 2.82 bits per heavy atom. The molecule has 0 amide bonds. The summed E-state index contributed by atoms with van der Waals surface area (Å²) in [7, 11) is 1.36. The second kappa shape index (κ2) is 9.22. The minimum atomic E-state index is -2.92. The van der Waals surface area contributed by atoms with E-state index in [-0.39, 0.29) is 24.1 Å². The average molecular weight is 435 g/mol. The first-order valence-electron chi connectivity index (χ1n) is 7.81. The van der Waals surface area contributed by atoms with Crippen LogP contribution in [0.2, 0.25) is 5.15 Å². The lowest BCUT2D eigenvalue weighted by molar-refractivity contribution is -0.133. The maximum atomic E-state index is 14.2. The van der Waals surface area contributed by atoms with Gasteiger partial charge in [0.2, 0.25) is 5.88 Å². The fourth-order valence-electron chi connectivity index (χ4n) is 2.21. The molecule has 0 aliphatic heterocycles. The van der Waals surface area contributed by atoms with Crippen molar-refractivity contribution in [3.8, 4) is 11.8 Å². The van der Waals surface area contributed by atoms with Crippen molar-refractivity contribution in [2.24, 2.45) is 0 Å². The SMILES string of the molecule is COc1nc(OCCOC(F)F)c(F)cc1NSc1c[nH]c2nc(Cl)ccc12. The van der Waals surface area contributed by atoms with Gasteiger partial charge in [-0.05, 0) is 24.1 Å². The molecule has 0 saturated carbocycles. The molecule has 0 saturated heterocycles. The number of methoxy groups -OCH3 is 1. The predicted octanol–water partition coefficient (Wildman–Crippen LogP) is 4.50. The third kappa shape index (κ3) is 4.91. The Kier molecular flexibility index (Phi) is 6.70. The molecule has 0 aliphatic rings. The summed E-state index contributed by atoms with van der Waals surface area (Å²) in [5.74, 6) is -1.09. The van der Waals surface area contributed by atoms with Crippen LogP contribution in [0.4, 0.5) is 18.9 Å². The number of H-pyrrole nitrogens is 1. The van der Waals surface area contributed by atoms with Crippen LogP contribution in [0.3, 0.4) is 0 Å². The lowest BCUT2D eigenvalue weighted by Gasteiger charge is -2.12. The number of aromatic nitrogens is 3. The van der Waals surface area contributed by atoms with Gasteiger partial charge in [-0.1, -0.05) is 11.6 Å². The van der Waals surface area contributed by atoms with Gasteiger partial charge in [0.15, 0.2) is 5.82 Å². The zero-order valence-electron chi connectivity index (χ0n) is 14.3. The molecule has 0 fully saturated rings. The summed E-state index contributed by atoms with van der Waals surface area (Å²) >= 11 is 7.05. The first-order chi connectivity index (χ1) is 13.5. The molecule has 12 heteroatoms. The van der Waals surface area contributed by atoms with Crippen LogP contribution in [0.15, 0.2) is 29.3 Å². The van der Waals surface area contributed by atoms with E-state index in [0.29, 0.717) is 10.8 Å². The van der Waals surface area contributed by atoms with Gasteiger partial charge >= 0.3 is 6.61 Å². The maximum absolute atomic E-state index is 14.2. The molecule has 3 rings (SSSR count). The second-order valence-electron chi connectivity index (χ2n) is 5.20. The lowest BCUT2D eigenvalue weighted by atomic mass is 10.3. The predicted molar refractivity (Wildman–Crippen MR) is 98.8 cm³/mol. The maximum Gasteiger partial charge on any atom is 0.345 e. The van der Waals surface area contributed by atoms with Crippen molar-refractivity contribution >= 4 is 40.3 Å². The van der Waals surface area contributed by atoms with Gasteiger partial charge < -0.3 is 23.9 Å². The summed E-state index contributed by atoms with van der Waals surface area (Å²) in [5, 5.41) is 1.19. The smallest absolute Gasteiger partial charge is 0.345 e. The minimum Gasteiger partial charge on any atom is -0.479 e. The Labute approximate surface area is 166 Å². The summed E-state index contributed by atoms with van der Waals surface area (Å²) in [5.41, 5.74) is 0.875. The number of nitrogens with zero attached hydrogens (tertiary/aromatic N) is 2. The van der Waals surface area contributed by atoms with E-state index in [9.17, 15) is 13.2 Å². The van der Waals surface area contributed by atoms with Crippen molar-refractivity contribution < 1.29 is 27.4 Å². The molecule has 0 atom stereocenters. The van der Waals surface area contributed by atoms with Crippen LogP contribution in [-0.4, -0.2) is 41.9 Å². The highest BCUT2D eigenvalue weighted by atomic mass is 35.5. The molecule has 0 spiro atoms. The average Bonchev–Trinajstić information content (AvgIpc) is 3.06. The Morgan fingerprint density at radius 2 is 2.07 bits per heavy atom. The van der Waals surface area contributed by atoms with E-state index in [0.717, 1.165) is 16.3 Å². The first-order valence-corrected chi connectivity index (χ1v) is 9.01. The molecule has 0 bridgehead atoms. The van der Waals surface area contributed by atoms with E-state index < -0.39 is 19.0 Å². The molecular weight excluding hydrogens is 421 g/mol. The number of alkyl halides is 2. The van der Waals surface area contributed by atoms with E-state index in [1.807, 2.05) is 0 Å². The van der Waals surface area contributed by atoms with Gasteiger partial charge in [0.25, 0.3) is 5.88 Å². The molecule has 0 unspecified atom stereocenters. The van der Waals surface area contributed by atoms with Gasteiger partial charge in [0.05, 0.1) is 18.6 Å². The summed E-state index contributed by atoms with van der Waals surface area (Å²) in [6.45, 7) is -3.62. The summed E-state index contributed by atoms with van der Waals surface area (Å²) in [6, 6.07) is 4.60. The molecule has 3 aromatic rings. The molecule has 2 N–H and O–H groups in total. The van der Waals surface area contributed by atoms with Gasteiger partial charge in [-0.3, -0.25) is 0 Å². The normalized spacial score (nSPS) is 11.2.